The summed E-state index contributed by atoms with van der Waals surface area (Å²) < 4.78 is 0. The molecular formula is C13H9NaO2. The van der Waals surface area contributed by atoms with E-state index in [1.54, 1.807) is 12.1 Å². The van der Waals surface area contributed by atoms with Crippen molar-refractivity contribution >= 4 is 16.6 Å². The second-order valence-electron chi connectivity index (χ2n) is 3.23. The number of hydrogen-bond acceptors (Lipinski definition) is 2. The summed E-state index contributed by atoms with van der Waals surface area (Å²) >= 11 is 0. The molecule has 0 aliphatic heterocycles. The van der Waals surface area contributed by atoms with Gasteiger partial charge in [-0.25, -0.2) is 0 Å². The van der Waals surface area contributed by atoms with Crippen LogP contribution in [0.15, 0.2) is 54.8 Å². The molecule has 2 aromatic rings. The number of benzene rings is 2. The van der Waals surface area contributed by atoms with Crippen LogP contribution in [0.25, 0.3) is 10.8 Å². The molecule has 2 nitrogen and oxygen atoms in total. The maximum absolute atomic E-state index is 11.4. The Balaban J connectivity index is 0.00000128. The summed E-state index contributed by atoms with van der Waals surface area (Å²) in [6, 6.07) is 13.2. The largest absolute Gasteiger partial charge is 1.00 e. The molecule has 0 unspecified atom stereocenters. The van der Waals surface area contributed by atoms with Crippen LogP contribution < -0.4 is 34.7 Å². The third kappa shape index (κ3) is 2.73. The van der Waals surface area contributed by atoms with Gasteiger partial charge < -0.3 is 5.11 Å². The smallest absolute Gasteiger partial charge is 0.878 e. The van der Waals surface area contributed by atoms with Gasteiger partial charge in [0, 0.05) is 5.56 Å². The zero-order valence-electron chi connectivity index (χ0n) is 9.01. The van der Waals surface area contributed by atoms with Crippen LogP contribution in [0, 0.1) is 0 Å². The fourth-order valence-electron chi connectivity index (χ4n) is 1.50. The van der Waals surface area contributed by atoms with Crippen molar-refractivity contribution in [2.45, 2.75) is 0 Å². The van der Waals surface area contributed by atoms with Crippen molar-refractivity contribution in [1.82, 2.24) is 0 Å². The summed E-state index contributed by atoms with van der Waals surface area (Å²) in [4.78, 5) is 11.4. The zero-order chi connectivity index (χ0) is 10.7. The Morgan fingerprint density at radius 1 is 1.06 bits per heavy atom. The van der Waals surface area contributed by atoms with Crippen LogP contribution in [0.4, 0.5) is 0 Å². The van der Waals surface area contributed by atoms with Crippen molar-refractivity contribution in [2.75, 3.05) is 0 Å². The fraction of sp³-hybridized carbons (Fsp3) is 0. The molecule has 0 spiro atoms. The van der Waals surface area contributed by atoms with E-state index in [1.165, 1.54) is 0 Å². The van der Waals surface area contributed by atoms with Gasteiger partial charge in [0.2, 0.25) is 0 Å². The predicted molar refractivity (Wildman–Crippen MR) is 57.4 cm³/mol. The minimum absolute atomic E-state index is 0. The molecule has 0 heterocycles. The van der Waals surface area contributed by atoms with E-state index in [2.05, 4.69) is 0 Å². The Morgan fingerprint density at radius 2 is 1.75 bits per heavy atom. The third-order valence-corrected chi connectivity index (χ3v) is 2.25. The molecule has 3 heteroatoms. The molecule has 2 aromatic carbocycles. The van der Waals surface area contributed by atoms with Crippen molar-refractivity contribution in [3.05, 3.63) is 60.4 Å². The van der Waals surface area contributed by atoms with Crippen LogP contribution in [0.2, 0.25) is 0 Å². The Labute approximate surface area is 116 Å². The fourth-order valence-corrected chi connectivity index (χ4v) is 1.50. The molecule has 0 amide bonds. The average Bonchev–Trinajstić information content (AvgIpc) is 2.29. The van der Waals surface area contributed by atoms with Crippen molar-refractivity contribution in [3.63, 3.8) is 0 Å². The van der Waals surface area contributed by atoms with E-state index in [1.807, 2.05) is 30.3 Å². The molecule has 0 bridgehead atoms. The molecule has 0 N–H and O–H groups in total. The minimum Gasteiger partial charge on any atom is -0.878 e. The van der Waals surface area contributed by atoms with Gasteiger partial charge in [-0.15, -0.1) is 6.26 Å². The maximum atomic E-state index is 11.4. The van der Waals surface area contributed by atoms with Crippen LogP contribution in [0.1, 0.15) is 10.4 Å². The first-order valence-corrected chi connectivity index (χ1v) is 4.63. The van der Waals surface area contributed by atoms with Gasteiger partial charge in [-0.3, -0.25) is 4.79 Å². The number of fused-ring (bicyclic) bond motifs is 1. The third-order valence-electron chi connectivity index (χ3n) is 2.25. The van der Waals surface area contributed by atoms with Crippen LogP contribution in [0.5, 0.6) is 0 Å². The first-order chi connectivity index (χ1) is 7.31. The van der Waals surface area contributed by atoms with Crippen molar-refractivity contribution in [3.8, 4) is 0 Å². The van der Waals surface area contributed by atoms with Gasteiger partial charge >= 0.3 is 29.6 Å². The molecule has 0 aromatic heterocycles. The van der Waals surface area contributed by atoms with Gasteiger partial charge in [0.25, 0.3) is 0 Å². The average molecular weight is 220 g/mol. The molecule has 0 atom stereocenters. The second kappa shape index (κ2) is 5.85. The number of carbonyl (C=O) groups is 1. The van der Waals surface area contributed by atoms with Gasteiger partial charge in [0.05, 0.1) is 0 Å². The van der Waals surface area contributed by atoms with Crippen LogP contribution >= 0.6 is 0 Å². The van der Waals surface area contributed by atoms with Crippen molar-refractivity contribution < 1.29 is 39.5 Å². The molecule has 2 rings (SSSR count). The first-order valence-electron chi connectivity index (χ1n) is 4.63. The number of carbonyl (C=O) groups excluding carboxylic acids is 1. The van der Waals surface area contributed by atoms with Crippen molar-refractivity contribution in [1.29, 1.82) is 0 Å². The SMILES string of the molecule is O=C(/C=C\[O-])c1ccc2ccccc2c1.[Na+]. The van der Waals surface area contributed by atoms with E-state index < -0.39 is 0 Å². The Kier molecular flexibility index (Phi) is 4.74. The number of hydrogen-bond donors (Lipinski definition) is 0. The van der Waals surface area contributed by atoms with Gasteiger partial charge in [0.1, 0.15) is 0 Å². The predicted octanol–water partition coefficient (Wildman–Crippen LogP) is -1.10. The van der Waals surface area contributed by atoms with Gasteiger partial charge in [-0.05, 0) is 22.9 Å². The van der Waals surface area contributed by atoms with Gasteiger partial charge in [-0.2, -0.15) is 0 Å². The molecular weight excluding hydrogens is 211 g/mol. The van der Waals surface area contributed by atoms with Crippen LogP contribution in [-0.4, -0.2) is 5.78 Å². The quantitative estimate of drug-likeness (QED) is 0.279. The van der Waals surface area contributed by atoms with Crippen molar-refractivity contribution in [2.24, 2.45) is 0 Å². The molecule has 0 aliphatic rings. The van der Waals surface area contributed by atoms with Crippen LogP contribution in [0.3, 0.4) is 0 Å². The van der Waals surface area contributed by atoms with E-state index in [-0.39, 0.29) is 35.3 Å². The van der Waals surface area contributed by atoms with E-state index in [0.717, 1.165) is 16.8 Å². The Hall–Kier alpha value is -1.09. The summed E-state index contributed by atoms with van der Waals surface area (Å²) in [6.45, 7) is 0. The molecule has 0 saturated carbocycles. The number of rotatable bonds is 2. The minimum atomic E-state index is -0.254. The standard InChI is InChI=1S/C13H10O2.Na/c14-8-7-13(15)12-6-5-10-3-1-2-4-11(10)9-12;/h1-9,14H;/q;+1/p-1/b8-7-;. The second-order valence-corrected chi connectivity index (χ2v) is 3.23. The summed E-state index contributed by atoms with van der Waals surface area (Å²) in [6.07, 6.45) is 1.54. The monoisotopic (exact) mass is 220 g/mol. The van der Waals surface area contributed by atoms with Gasteiger partial charge in [0.15, 0.2) is 5.78 Å². The summed E-state index contributed by atoms with van der Waals surface area (Å²) in [7, 11) is 0. The zero-order valence-corrected chi connectivity index (χ0v) is 11.0. The molecule has 16 heavy (non-hydrogen) atoms. The van der Waals surface area contributed by atoms with E-state index in [0.29, 0.717) is 11.8 Å². The number of ketones is 1. The molecule has 0 saturated heterocycles. The van der Waals surface area contributed by atoms with E-state index in [4.69, 9.17) is 0 Å². The molecule has 0 radical (unpaired) electrons. The number of allylic oxidation sites excluding steroid dienone is 1. The van der Waals surface area contributed by atoms with Gasteiger partial charge in [-0.1, -0.05) is 36.4 Å². The summed E-state index contributed by atoms with van der Waals surface area (Å²) in [5, 5.41) is 12.3. The van der Waals surface area contributed by atoms with E-state index in [9.17, 15) is 9.90 Å². The Morgan fingerprint density at radius 3 is 2.44 bits per heavy atom. The molecule has 74 valence electrons. The normalized spacial score (nSPS) is 10.2. The van der Waals surface area contributed by atoms with Crippen LogP contribution in [-0.2, 0) is 0 Å². The topological polar surface area (TPSA) is 40.1 Å². The summed E-state index contributed by atoms with van der Waals surface area (Å²) in [5.41, 5.74) is 0.542. The maximum Gasteiger partial charge on any atom is 1.00 e. The molecule has 0 aliphatic carbocycles. The first kappa shape index (κ1) is 13.0. The Bertz CT molecular complexity index is 532. The van der Waals surface area contributed by atoms with E-state index >= 15 is 0 Å². The molecule has 0 fully saturated rings. The summed E-state index contributed by atoms with van der Waals surface area (Å²) in [5.74, 6) is -0.254.